The van der Waals surface area contributed by atoms with Gasteiger partial charge in [0.15, 0.2) is 0 Å². The molecule has 2 atom stereocenters. The van der Waals surface area contributed by atoms with Gasteiger partial charge in [-0.15, -0.1) is 0 Å². The van der Waals surface area contributed by atoms with Crippen molar-refractivity contribution in [2.45, 2.75) is 75.8 Å². The highest BCUT2D eigenvalue weighted by Crippen LogP contribution is 2.38. The van der Waals surface area contributed by atoms with Crippen LogP contribution in [0.15, 0.2) is 53.4 Å². The van der Waals surface area contributed by atoms with Gasteiger partial charge in [0.2, 0.25) is 15.9 Å². The molecule has 1 aliphatic carbocycles. The quantitative estimate of drug-likeness (QED) is 0.553. The van der Waals surface area contributed by atoms with Gasteiger partial charge in [0.05, 0.1) is 4.90 Å². The van der Waals surface area contributed by atoms with Crippen LogP contribution < -0.4 is 10.0 Å². The topological polar surface area (TPSA) is 95.6 Å². The summed E-state index contributed by atoms with van der Waals surface area (Å²) in [5, 5.41) is 2.87. The number of anilines is 1. The lowest BCUT2D eigenvalue weighted by atomic mass is 9.79. The van der Waals surface area contributed by atoms with Crippen LogP contribution in [0.25, 0.3) is 0 Å². The number of amides is 2. The van der Waals surface area contributed by atoms with Gasteiger partial charge in [0.1, 0.15) is 11.9 Å². The van der Waals surface area contributed by atoms with Crippen molar-refractivity contribution >= 4 is 27.5 Å². The van der Waals surface area contributed by atoms with E-state index in [1.54, 1.807) is 37.8 Å². The molecule has 1 saturated heterocycles. The molecular weight excluding hydrogens is 493 g/mol. The maximum atomic E-state index is 13.4. The molecule has 2 N–H and O–H groups in total. The zero-order chi connectivity index (χ0) is 26.8. The number of likely N-dealkylation sites (tertiary alicyclic amines) is 1. The van der Waals surface area contributed by atoms with Gasteiger partial charge in [-0.05, 0) is 87.6 Å². The number of sulfonamides is 1. The first-order chi connectivity index (χ1) is 17.4. The van der Waals surface area contributed by atoms with Crippen molar-refractivity contribution in [3.05, 3.63) is 59.9 Å². The summed E-state index contributed by atoms with van der Waals surface area (Å²) in [4.78, 5) is 28.5. The minimum atomic E-state index is -3.69. The molecule has 2 amide bonds. The number of carbonyl (C=O) groups is 2. The Kier molecular flexibility index (Phi) is 8.04. The molecule has 1 saturated carbocycles. The summed E-state index contributed by atoms with van der Waals surface area (Å²) in [6.45, 7) is 5.79. The highest BCUT2D eigenvalue weighted by molar-refractivity contribution is 7.89. The van der Waals surface area contributed by atoms with E-state index in [4.69, 9.17) is 0 Å². The van der Waals surface area contributed by atoms with E-state index in [0.29, 0.717) is 30.1 Å². The number of nitrogens with zero attached hydrogens (tertiary/aromatic N) is 1. The second kappa shape index (κ2) is 10.9. The second-order valence-electron chi connectivity index (χ2n) is 11.2. The highest BCUT2D eigenvalue weighted by Gasteiger charge is 2.42. The molecule has 4 rings (SSSR count). The molecule has 2 aliphatic rings. The predicted octanol–water partition coefficient (Wildman–Crippen LogP) is 4.95. The second-order valence-corrected chi connectivity index (χ2v) is 12.9. The fraction of sp³-hybridized carbons (Fsp3) is 0.500. The number of hydrogen-bond acceptors (Lipinski definition) is 4. The summed E-state index contributed by atoms with van der Waals surface area (Å²) in [5.41, 5.74) is 0.184. The molecule has 37 heavy (non-hydrogen) atoms. The average Bonchev–Trinajstić information content (AvgIpc) is 3.29. The van der Waals surface area contributed by atoms with Gasteiger partial charge < -0.3 is 10.2 Å². The largest absolute Gasteiger partial charge is 0.326 e. The Bertz CT molecular complexity index is 1220. The number of benzene rings is 2. The number of nitrogens with one attached hydrogen (secondary N) is 2. The standard InChI is InChI=1S/C28H36FN3O4S/c1-28(2,3)31-37(35,36)24-15-13-23(14-16-24)30-26(33)25-17-21(19-7-5-4-6-8-19)18-32(25)27(34)20-9-11-22(29)12-10-20/h9-16,19,21,25,31H,4-8,17-18H2,1-3H3,(H,30,33). The minimum absolute atomic E-state index is 0.103. The van der Waals surface area contributed by atoms with E-state index in [-0.39, 0.29) is 22.6 Å². The van der Waals surface area contributed by atoms with Gasteiger partial charge in [0, 0.05) is 23.3 Å². The maximum Gasteiger partial charge on any atom is 0.254 e. The van der Waals surface area contributed by atoms with Gasteiger partial charge >= 0.3 is 0 Å². The molecule has 2 aromatic carbocycles. The molecule has 0 aromatic heterocycles. The highest BCUT2D eigenvalue weighted by atomic mass is 32.2. The van der Waals surface area contributed by atoms with Crippen LogP contribution in [-0.2, 0) is 14.8 Å². The van der Waals surface area contributed by atoms with Crippen molar-refractivity contribution in [2.24, 2.45) is 11.8 Å². The van der Waals surface area contributed by atoms with E-state index in [9.17, 15) is 22.4 Å². The summed E-state index contributed by atoms with van der Waals surface area (Å²) in [5.74, 6) is -0.299. The lowest BCUT2D eigenvalue weighted by Crippen LogP contribution is -2.43. The molecular formula is C28H36FN3O4S. The van der Waals surface area contributed by atoms with E-state index in [2.05, 4.69) is 10.0 Å². The van der Waals surface area contributed by atoms with Crippen LogP contribution in [-0.4, -0.2) is 43.3 Å². The molecule has 2 aromatic rings. The van der Waals surface area contributed by atoms with Crippen molar-refractivity contribution in [1.82, 2.24) is 9.62 Å². The van der Waals surface area contributed by atoms with Gasteiger partial charge in [-0.3, -0.25) is 9.59 Å². The molecule has 2 fully saturated rings. The molecule has 1 heterocycles. The zero-order valence-electron chi connectivity index (χ0n) is 21.7. The lowest BCUT2D eigenvalue weighted by molar-refractivity contribution is -0.119. The first kappa shape index (κ1) is 27.3. The molecule has 0 spiro atoms. The third kappa shape index (κ3) is 6.76. The minimum Gasteiger partial charge on any atom is -0.326 e. The molecule has 7 nitrogen and oxygen atoms in total. The number of carbonyl (C=O) groups excluding carboxylic acids is 2. The Morgan fingerprint density at radius 2 is 1.54 bits per heavy atom. The van der Waals surface area contributed by atoms with E-state index in [1.165, 1.54) is 55.7 Å². The molecule has 0 bridgehead atoms. The monoisotopic (exact) mass is 529 g/mol. The van der Waals surface area contributed by atoms with Crippen LogP contribution in [0.1, 0.15) is 69.7 Å². The van der Waals surface area contributed by atoms with Gasteiger partial charge in [-0.1, -0.05) is 32.1 Å². The Morgan fingerprint density at radius 1 is 0.919 bits per heavy atom. The van der Waals surface area contributed by atoms with Crippen LogP contribution in [0, 0.1) is 17.7 Å². The van der Waals surface area contributed by atoms with E-state index in [1.807, 2.05) is 0 Å². The Balaban J connectivity index is 1.51. The summed E-state index contributed by atoms with van der Waals surface area (Å²) in [6, 6.07) is 10.7. The number of rotatable bonds is 6. The third-order valence-electron chi connectivity index (χ3n) is 7.18. The van der Waals surface area contributed by atoms with Crippen LogP contribution in [0.5, 0.6) is 0 Å². The van der Waals surface area contributed by atoms with Crippen molar-refractivity contribution in [3.8, 4) is 0 Å². The normalized spacial score (nSPS) is 21.1. The van der Waals surface area contributed by atoms with E-state index < -0.39 is 27.4 Å². The predicted molar refractivity (Wildman–Crippen MR) is 141 cm³/mol. The van der Waals surface area contributed by atoms with Crippen LogP contribution in [0.3, 0.4) is 0 Å². The average molecular weight is 530 g/mol. The molecule has 9 heteroatoms. The fourth-order valence-corrected chi connectivity index (χ4v) is 6.87. The van der Waals surface area contributed by atoms with Crippen LogP contribution in [0.4, 0.5) is 10.1 Å². The van der Waals surface area contributed by atoms with Crippen LogP contribution >= 0.6 is 0 Å². The van der Waals surface area contributed by atoms with E-state index in [0.717, 1.165) is 12.8 Å². The summed E-state index contributed by atoms with van der Waals surface area (Å²) >= 11 is 0. The fourth-order valence-electron chi connectivity index (χ4n) is 5.45. The summed E-state index contributed by atoms with van der Waals surface area (Å²) in [7, 11) is -3.69. The first-order valence-corrected chi connectivity index (χ1v) is 14.4. The SMILES string of the molecule is CC(C)(C)NS(=O)(=O)c1ccc(NC(=O)C2CC(C3CCCCC3)CN2C(=O)c2ccc(F)cc2)cc1. The van der Waals surface area contributed by atoms with Crippen molar-refractivity contribution in [2.75, 3.05) is 11.9 Å². The van der Waals surface area contributed by atoms with Crippen molar-refractivity contribution < 1.29 is 22.4 Å². The van der Waals surface area contributed by atoms with Gasteiger partial charge in [0.25, 0.3) is 5.91 Å². The smallest absolute Gasteiger partial charge is 0.254 e. The summed E-state index contributed by atoms with van der Waals surface area (Å²) < 4.78 is 41.2. The Labute approximate surface area is 218 Å². The Hall–Kier alpha value is -2.78. The molecule has 200 valence electrons. The molecule has 1 aliphatic heterocycles. The van der Waals surface area contributed by atoms with Gasteiger partial charge in [-0.2, -0.15) is 0 Å². The number of halogens is 1. The Morgan fingerprint density at radius 3 is 2.14 bits per heavy atom. The maximum absolute atomic E-state index is 13.4. The molecule has 2 unspecified atom stereocenters. The number of hydrogen-bond donors (Lipinski definition) is 2. The van der Waals surface area contributed by atoms with E-state index >= 15 is 0 Å². The molecule has 0 radical (unpaired) electrons. The van der Waals surface area contributed by atoms with Crippen molar-refractivity contribution in [1.29, 1.82) is 0 Å². The van der Waals surface area contributed by atoms with Crippen LogP contribution in [0.2, 0.25) is 0 Å². The van der Waals surface area contributed by atoms with Crippen molar-refractivity contribution in [3.63, 3.8) is 0 Å². The third-order valence-corrected chi connectivity index (χ3v) is 8.95. The lowest BCUT2D eigenvalue weighted by Gasteiger charge is -2.27. The summed E-state index contributed by atoms with van der Waals surface area (Å²) in [6.07, 6.45) is 6.35. The van der Waals surface area contributed by atoms with Gasteiger partial charge in [-0.25, -0.2) is 17.5 Å². The zero-order valence-corrected chi connectivity index (χ0v) is 22.5. The first-order valence-electron chi connectivity index (χ1n) is 12.9.